The van der Waals surface area contributed by atoms with Gasteiger partial charge in [0.2, 0.25) is 10.0 Å². The molecule has 1 fully saturated rings. The number of anilines is 1. The Kier molecular flexibility index (Phi) is 5.22. The van der Waals surface area contributed by atoms with Gasteiger partial charge >= 0.3 is 0 Å². The van der Waals surface area contributed by atoms with Crippen LogP contribution in [0.5, 0.6) is 0 Å². The van der Waals surface area contributed by atoms with E-state index >= 15 is 0 Å². The molecule has 0 bridgehead atoms. The number of thioether (sulfide) groups is 1. The molecule has 1 heterocycles. The minimum absolute atomic E-state index is 0.197. The van der Waals surface area contributed by atoms with Gasteiger partial charge in [0.15, 0.2) is 0 Å². The summed E-state index contributed by atoms with van der Waals surface area (Å²) in [5, 5.41) is 0. The molecule has 0 radical (unpaired) electrons. The van der Waals surface area contributed by atoms with Crippen LogP contribution in [0.4, 0.5) is 5.69 Å². The van der Waals surface area contributed by atoms with Crippen LogP contribution in [-0.4, -0.2) is 37.3 Å². The van der Waals surface area contributed by atoms with Crippen molar-refractivity contribution in [2.24, 2.45) is 5.41 Å². The summed E-state index contributed by atoms with van der Waals surface area (Å²) in [4.78, 5) is 1.05. The van der Waals surface area contributed by atoms with Gasteiger partial charge in [-0.25, -0.2) is 12.7 Å². The fourth-order valence-electron chi connectivity index (χ4n) is 2.33. The van der Waals surface area contributed by atoms with Crippen LogP contribution in [0.15, 0.2) is 29.2 Å². The maximum Gasteiger partial charge on any atom is 0.214 e. The Balaban J connectivity index is 1.83. The number of hydrogen-bond donors (Lipinski definition) is 1. The molecule has 0 saturated carbocycles. The molecule has 0 aliphatic carbocycles. The summed E-state index contributed by atoms with van der Waals surface area (Å²) in [5.41, 5.74) is 6.63. The van der Waals surface area contributed by atoms with Crippen molar-refractivity contribution in [3.8, 4) is 0 Å². The van der Waals surface area contributed by atoms with Crippen molar-refractivity contribution >= 4 is 27.5 Å². The Morgan fingerprint density at radius 1 is 1.19 bits per heavy atom. The predicted molar refractivity (Wildman–Crippen MR) is 90.0 cm³/mol. The first kappa shape index (κ1) is 16.6. The standard InChI is InChI=1S/C15H24N2O2S2/c1-15(2)7-9-17(10-8-15)21(18,19)12-11-20-14-5-3-13(16)4-6-14/h3-6H,7-12,16H2,1-2H3. The van der Waals surface area contributed by atoms with Crippen LogP contribution >= 0.6 is 11.8 Å². The SMILES string of the molecule is CC1(C)CCN(S(=O)(=O)CCSc2ccc(N)cc2)CC1. The van der Waals surface area contributed by atoms with E-state index in [1.165, 1.54) is 0 Å². The minimum Gasteiger partial charge on any atom is -0.399 e. The maximum absolute atomic E-state index is 12.3. The second-order valence-electron chi connectivity index (χ2n) is 6.30. The van der Waals surface area contributed by atoms with Gasteiger partial charge in [-0.05, 0) is 42.5 Å². The molecule has 6 heteroatoms. The molecule has 1 aliphatic rings. The van der Waals surface area contributed by atoms with Crippen LogP contribution in [0.1, 0.15) is 26.7 Å². The van der Waals surface area contributed by atoms with Crippen LogP contribution < -0.4 is 5.73 Å². The molecular weight excluding hydrogens is 304 g/mol. The van der Waals surface area contributed by atoms with Gasteiger partial charge < -0.3 is 5.73 Å². The van der Waals surface area contributed by atoms with Crippen LogP contribution in [-0.2, 0) is 10.0 Å². The molecule has 1 aliphatic heterocycles. The molecule has 2 rings (SSSR count). The first-order chi connectivity index (χ1) is 9.78. The van der Waals surface area contributed by atoms with Crippen molar-refractivity contribution in [1.82, 2.24) is 4.31 Å². The number of nitrogens with zero attached hydrogens (tertiary/aromatic N) is 1. The lowest BCUT2D eigenvalue weighted by atomic mass is 9.83. The average Bonchev–Trinajstić information content (AvgIpc) is 2.40. The quantitative estimate of drug-likeness (QED) is 0.667. The number of sulfonamides is 1. The number of hydrogen-bond acceptors (Lipinski definition) is 4. The van der Waals surface area contributed by atoms with E-state index < -0.39 is 10.0 Å². The molecule has 0 amide bonds. The highest BCUT2D eigenvalue weighted by Crippen LogP contribution is 2.31. The second kappa shape index (κ2) is 6.58. The Morgan fingerprint density at radius 3 is 2.33 bits per heavy atom. The van der Waals surface area contributed by atoms with E-state index in [0.717, 1.165) is 23.4 Å². The van der Waals surface area contributed by atoms with E-state index in [0.29, 0.717) is 18.8 Å². The van der Waals surface area contributed by atoms with Crippen molar-refractivity contribution in [3.05, 3.63) is 24.3 Å². The van der Waals surface area contributed by atoms with Crippen LogP contribution in [0.2, 0.25) is 0 Å². The third-order valence-electron chi connectivity index (χ3n) is 3.96. The number of piperidine rings is 1. The fourth-order valence-corrected chi connectivity index (χ4v) is 5.06. The van der Waals surface area contributed by atoms with E-state index in [4.69, 9.17) is 5.73 Å². The van der Waals surface area contributed by atoms with Crippen LogP contribution in [0.3, 0.4) is 0 Å². The number of nitrogens with two attached hydrogens (primary N) is 1. The van der Waals surface area contributed by atoms with Gasteiger partial charge in [-0.1, -0.05) is 13.8 Å². The topological polar surface area (TPSA) is 63.4 Å². The maximum atomic E-state index is 12.3. The molecule has 4 nitrogen and oxygen atoms in total. The summed E-state index contributed by atoms with van der Waals surface area (Å²) in [6.45, 7) is 5.71. The lowest BCUT2D eigenvalue weighted by Gasteiger charge is -2.36. The van der Waals surface area contributed by atoms with E-state index in [9.17, 15) is 8.42 Å². The Morgan fingerprint density at radius 2 is 1.76 bits per heavy atom. The van der Waals surface area contributed by atoms with Crippen molar-refractivity contribution in [2.75, 3.05) is 30.3 Å². The highest BCUT2D eigenvalue weighted by molar-refractivity contribution is 8.00. The molecule has 0 aromatic heterocycles. The van der Waals surface area contributed by atoms with Gasteiger partial charge in [0, 0.05) is 29.4 Å². The van der Waals surface area contributed by atoms with Crippen LogP contribution in [0, 0.1) is 5.41 Å². The van der Waals surface area contributed by atoms with Crippen molar-refractivity contribution in [3.63, 3.8) is 0 Å². The third kappa shape index (κ3) is 4.90. The van der Waals surface area contributed by atoms with Gasteiger partial charge in [-0.15, -0.1) is 11.8 Å². The molecule has 1 saturated heterocycles. The first-order valence-corrected chi connectivity index (χ1v) is 9.84. The Bertz CT molecular complexity index is 558. The summed E-state index contributed by atoms with van der Waals surface area (Å²) in [6, 6.07) is 7.53. The minimum atomic E-state index is -3.12. The number of nitrogen functional groups attached to an aromatic ring is 1. The molecule has 0 unspecified atom stereocenters. The second-order valence-corrected chi connectivity index (χ2v) is 9.55. The highest BCUT2D eigenvalue weighted by atomic mass is 32.2. The molecule has 118 valence electrons. The van der Waals surface area contributed by atoms with Gasteiger partial charge in [0.1, 0.15) is 0 Å². The lowest BCUT2D eigenvalue weighted by Crippen LogP contribution is -2.42. The smallest absolute Gasteiger partial charge is 0.214 e. The molecule has 0 atom stereocenters. The monoisotopic (exact) mass is 328 g/mol. The van der Waals surface area contributed by atoms with Crippen molar-refractivity contribution in [2.45, 2.75) is 31.6 Å². The Hall–Kier alpha value is -0.720. The van der Waals surface area contributed by atoms with E-state index in [1.807, 2.05) is 24.3 Å². The van der Waals surface area contributed by atoms with E-state index in [1.54, 1.807) is 16.1 Å². The fraction of sp³-hybridized carbons (Fsp3) is 0.600. The Labute approximate surface area is 132 Å². The molecular formula is C15H24N2O2S2. The summed E-state index contributed by atoms with van der Waals surface area (Å²) in [7, 11) is -3.12. The molecule has 0 spiro atoms. The number of rotatable bonds is 5. The average molecular weight is 329 g/mol. The largest absolute Gasteiger partial charge is 0.399 e. The normalized spacial score (nSPS) is 19.5. The zero-order valence-electron chi connectivity index (χ0n) is 12.7. The highest BCUT2D eigenvalue weighted by Gasteiger charge is 2.31. The predicted octanol–water partition coefficient (Wildman–Crippen LogP) is 2.81. The van der Waals surface area contributed by atoms with Gasteiger partial charge in [-0.3, -0.25) is 0 Å². The molecule has 1 aromatic rings. The first-order valence-electron chi connectivity index (χ1n) is 7.25. The number of benzene rings is 1. The van der Waals surface area contributed by atoms with Crippen molar-refractivity contribution in [1.29, 1.82) is 0 Å². The molecule has 21 heavy (non-hydrogen) atoms. The van der Waals surface area contributed by atoms with Crippen molar-refractivity contribution < 1.29 is 8.42 Å². The van der Waals surface area contributed by atoms with E-state index in [-0.39, 0.29) is 11.2 Å². The van der Waals surface area contributed by atoms with Gasteiger partial charge in [0.25, 0.3) is 0 Å². The molecule has 1 aromatic carbocycles. The molecule has 2 N–H and O–H groups in total. The zero-order chi connectivity index (χ0) is 15.5. The summed E-state index contributed by atoms with van der Waals surface area (Å²) in [6.07, 6.45) is 1.88. The summed E-state index contributed by atoms with van der Waals surface area (Å²) >= 11 is 1.56. The van der Waals surface area contributed by atoms with Crippen LogP contribution in [0.25, 0.3) is 0 Å². The third-order valence-corrected chi connectivity index (χ3v) is 7.10. The lowest BCUT2D eigenvalue weighted by molar-refractivity contribution is 0.196. The van der Waals surface area contributed by atoms with Gasteiger partial charge in [0.05, 0.1) is 5.75 Å². The zero-order valence-corrected chi connectivity index (χ0v) is 14.3. The van der Waals surface area contributed by atoms with Gasteiger partial charge in [-0.2, -0.15) is 0 Å². The summed E-state index contributed by atoms with van der Waals surface area (Å²) < 4.78 is 26.3. The summed E-state index contributed by atoms with van der Waals surface area (Å²) in [5.74, 6) is 0.772. The van der Waals surface area contributed by atoms with E-state index in [2.05, 4.69) is 13.8 Å².